The number of aromatic nitrogens is 3. The molecule has 108 valence electrons. The van der Waals surface area contributed by atoms with Crippen LogP contribution >= 0.6 is 0 Å². The van der Waals surface area contributed by atoms with Crippen LogP contribution in [0.1, 0.15) is 18.2 Å². The number of furan rings is 1. The van der Waals surface area contributed by atoms with Crippen molar-refractivity contribution in [2.24, 2.45) is 0 Å². The molecular formula is C13H19N5O2. The topological polar surface area (TPSA) is 76.3 Å². The smallest absolute Gasteiger partial charge is 0.322 e. The van der Waals surface area contributed by atoms with Crippen molar-refractivity contribution in [1.82, 2.24) is 15.0 Å². The summed E-state index contributed by atoms with van der Waals surface area (Å²) in [5, 5.41) is 3.06. The number of anilines is 2. The minimum Gasteiger partial charge on any atom is -0.469 e. The molecule has 7 nitrogen and oxygen atoms in total. The molecule has 0 saturated carbocycles. The fraction of sp³-hybridized carbons (Fsp3) is 0.462. The van der Waals surface area contributed by atoms with Gasteiger partial charge in [-0.1, -0.05) is 0 Å². The summed E-state index contributed by atoms with van der Waals surface area (Å²) in [6.45, 7) is 5.30. The van der Waals surface area contributed by atoms with Gasteiger partial charge in [-0.05, 0) is 19.9 Å². The molecule has 0 bridgehead atoms. The molecule has 0 aliphatic heterocycles. The number of aryl methyl sites for hydroxylation is 1. The second-order valence-electron chi connectivity index (χ2n) is 4.33. The van der Waals surface area contributed by atoms with E-state index in [4.69, 9.17) is 9.15 Å². The van der Waals surface area contributed by atoms with Gasteiger partial charge in [-0.2, -0.15) is 15.0 Å². The Morgan fingerprint density at radius 3 is 2.75 bits per heavy atom. The lowest BCUT2D eigenvalue weighted by atomic mass is 10.2. The van der Waals surface area contributed by atoms with E-state index < -0.39 is 0 Å². The summed E-state index contributed by atoms with van der Waals surface area (Å²) < 4.78 is 10.4. The molecule has 0 fully saturated rings. The zero-order valence-corrected chi connectivity index (χ0v) is 12.2. The van der Waals surface area contributed by atoms with E-state index in [0.717, 1.165) is 17.9 Å². The van der Waals surface area contributed by atoms with Gasteiger partial charge < -0.3 is 19.4 Å². The molecular weight excluding hydrogens is 258 g/mol. The average Bonchev–Trinajstić information content (AvgIpc) is 2.84. The molecule has 0 spiro atoms. The molecule has 0 aliphatic rings. The Hall–Kier alpha value is -2.31. The van der Waals surface area contributed by atoms with Crippen molar-refractivity contribution in [1.29, 1.82) is 0 Å². The monoisotopic (exact) mass is 277 g/mol. The molecule has 2 aromatic heterocycles. The lowest BCUT2D eigenvalue weighted by Gasteiger charge is -2.17. The lowest BCUT2D eigenvalue weighted by molar-refractivity contribution is 0.379. The van der Waals surface area contributed by atoms with Gasteiger partial charge in [0.1, 0.15) is 5.76 Å². The first kappa shape index (κ1) is 14.1. The molecule has 7 heteroatoms. The van der Waals surface area contributed by atoms with Gasteiger partial charge in [-0.25, -0.2) is 0 Å². The molecule has 2 aromatic rings. The van der Waals surface area contributed by atoms with Crippen LogP contribution < -0.4 is 15.0 Å². The normalized spacial score (nSPS) is 10.4. The van der Waals surface area contributed by atoms with Crippen LogP contribution in [0.15, 0.2) is 16.7 Å². The van der Waals surface area contributed by atoms with Gasteiger partial charge in [0.2, 0.25) is 11.9 Å². The summed E-state index contributed by atoms with van der Waals surface area (Å²) >= 11 is 0. The van der Waals surface area contributed by atoms with Crippen LogP contribution in [-0.2, 0) is 6.54 Å². The maximum Gasteiger partial charge on any atom is 0.322 e. The van der Waals surface area contributed by atoms with Crippen molar-refractivity contribution in [2.45, 2.75) is 20.4 Å². The van der Waals surface area contributed by atoms with Crippen LogP contribution in [0, 0.1) is 6.92 Å². The van der Waals surface area contributed by atoms with Crippen molar-refractivity contribution in [2.75, 3.05) is 30.9 Å². The largest absolute Gasteiger partial charge is 0.469 e. The first-order valence-corrected chi connectivity index (χ1v) is 6.42. The number of rotatable bonds is 6. The number of hydrogen-bond acceptors (Lipinski definition) is 7. The predicted molar refractivity (Wildman–Crippen MR) is 76.1 cm³/mol. The zero-order valence-electron chi connectivity index (χ0n) is 12.2. The van der Waals surface area contributed by atoms with Crippen molar-refractivity contribution >= 4 is 11.9 Å². The molecule has 0 aromatic carbocycles. The van der Waals surface area contributed by atoms with Gasteiger partial charge in [0, 0.05) is 25.7 Å². The van der Waals surface area contributed by atoms with Crippen LogP contribution in [0.25, 0.3) is 0 Å². The Kier molecular flexibility index (Phi) is 4.39. The summed E-state index contributed by atoms with van der Waals surface area (Å²) in [5.74, 6) is 1.95. The lowest BCUT2D eigenvalue weighted by Crippen LogP contribution is -2.20. The van der Waals surface area contributed by atoms with E-state index in [0.29, 0.717) is 24.5 Å². The maximum atomic E-state index is 5.29. The first-order valence-electron chi connectivity index (χ1n) is 6.42. The standard InChI is InChI=1S/C13H19N5O2/c1-5-14-11-15-12(17-13(16-11)19-4)18(3)8-10-6-7-20-9(10)2/h6-7H,5,8H2,1-4H3,(H,14,15,16,17). The number of methoxy groups -OCH3 is 1. The van der Waals surface area contributed by atoms with Crippen molar-refractivity contribution in [3.8, 4) is 6.01 Å². The SMILES string of the molecule is CCNc1nc(OC)nc(N(C)Cc2ccoc2C)n1. The maximum absolute atomic E-state index is 5.29. The predicted octanol–water partition coefficient (Wildman–Crippen LogP) is 1.85. The molecule has 20 heavy (non-hydrogen) atoms. The van der Waals surface area contributed by atoms with Gasteiger partial charge in [-0.15, -0.1) is 0 Å². The van der Waals surface area contributed by atoms with Gasteiger partial charge in [0.05, 0.1) is 13.4 Å². The fourth-order valence-electron chi connectivity index (χ4n) is 1.75. The van der Waals surface area contributed by atoms with Gasteiger partial charge in [-0.3, -0.25) is 0 Å². The van der Waals surface area contributed by atoms with Crippen LogP contribution in [0.5, 0.6) is 6.01 Å². The summed E-state index contributed by atoms with van der Waals surface area (Å²) in [4.78, 5) is 14.7. The molecule has 0 atom stereocenters. The molecule has 0 radical (unpaired) electrons. The summed E-state index contributed by atoms with van der Waals surface area (Å²) in [6.07, 6.45) is 1.68. The summed E-state index contributed by atoms with van der Waals surface area (Å²) in [7, 11) is 3.45. The Morgan fingerprint density at radius 1 is 1.35 bits per heavy atom. The summed E-state index contributed by atoms with van der Waals surface area (Å²) in [5.41, 5.74) is 1.09. The quantitative estimate of drug-likeness (QED) is 0.863. The van der Waals surface area contributed by atoms with Crippen molar-refractivity contribution < 1.29 is 9.15 Å². The van der Waals surface area contributed by atoms with E-state index >= 15 is 0 Å². The Balaban J connectivity index is 2.22. The molecule has 0 saturated heterocycles. The Bertz CT molecular complexity index is 570. The number of nitrogens with zero attached hydrogens (tertiary/aromatic N) is 4. The molecule has 0 unspecified atom stereocenters. The van der Waals surface area contributed by atoms with Crippen LogP contribution in [0.3, 0.4) is 0 Å². The van der Waals surface area contributed by atoms with E-state index in [9.17, 15) is 0 Å². The second-order valence-corrected chi connectivity index (χ2v) is 4.33. The highest BCUT2D eigenvalue weighted by molar-refractivity contribution is 5.38. The molecule has 2 heterocycles. The van der Waals surface area contributed by atoms with E-state index in [1.807, 2.05) is 31.9 Å². The Morgan fingerprint density at radius 2 is 2.15 bits per heavy atom. The minimum absolute atomic E-state index is 0.293. The van der Waals surface area contributed by atoms with Crippen LogP contribution in [0.2, 0.25) is 0 Å². The summed E-state index contributed by atoms with van der Waals surface area (Å²) in [6, 6.07) is 2.23. The van der Waals surface area contributed by atoms with E-state index in [-0.39, 0.29) is 0 Å². The molecule has 1 N–H and O–H groups in total. The van der Waals surface area contributed by atoms with Gasteiger partial charge in [0.15, 0.2) is 0 Å². The van der Waals surface area contributed by atoms with Crippen LogP contribution in [0.4, 0.5) is 11.9 Å². The van der Waals surface area contributed by atoms with E-state index in [1.165, 1.54) is 7.11 Å². The highest BCUT2D eigenvalue weighted by Gasteiger charge is 2.12. The minimum atomic E-state index is 0.293. The van der Waals surface area contributed by atoms with Gasteiger partial charge >= 0.3 is 6.01 Å². The highest BCUT2D eigenvalue weighted by atomic mass is 16.5. The van der Waals surface area contributed by atoms with Crippen molar-refractivity contribution in [3.05, 3.63) is 23.7 Å². The number of hydrogen-bond donors (Lipinski definition) is 1. The fourth-order valence-corrected chi connectivity index (χ4v) is 1.75. The van der Waals surface area contributed by atoms with Crippen LogP contribution in [-0.4, -0.2) is 35.7 Å². The van der Waals surface area contributed by atoms with E-state index in [1.54, 1.807) is 6.26 Å². The molecule has 0 aliphatic carbocycles. The number of ether oxygens (including phenoxy) is 1. The first-order chi connectivity index (χ1) is 9.63. The average molecular weight is 277 g/mol. The number of nitrogens with one attached hydrogen (secondary N) is 1. The van der Waals surface area contributed by atoms with Crippen molar-refractivity contribution in [3.63, 3.8) is 0 Å². The third kappa shape index (κ3) is 3.17. The Labute approximate surface area is 118 Å². The van der Waals surface area contributed by atoms with E-state index in [2.05, 4.69) is 20.3 Å². The second kappa shape index (κ2) is 6.23. The molecule has 2 rings (SSSR count). The highest BCUT2D eigenvalue weighted by Crippen LogP contribution is 2.17. The third-order valence-corrected chi connectivity index (χ3v) is 2.84. The zero-order chi connectivity index (χ0) is 14.5. The van der Waals surface area contributed by atoms with Gasteiger partial charge in [0.25, 0.3) is 0 Å². The molecule has 0 amide bonds. The third-order valence-electron chi connectivity index (χ3n) is 2.84.